The molecular weight excluding hydrogens is 489 g/mol. The van der Waals surface area contributed by atoms with Crippen LogP contribution in [0.25, 0.3) is 11.0 Å². The normalized spacial score (nSPS) is 16.2. The maximum absolute atomic E-state index is 14.0. The lowest BCUT2D eigenvalue weighted by Gasteiger charge is -2.27. The SMILES string of the molecule is Cc1cccc(C2C(C(=O)c3cc4cc(Br)ccc4o3)=C(O)C(=O)N2c2cccc(F)c2)c1. The van der Waals surface area contributed by atoms with E-state index in [1.54, 1.807) is 42.5 Å². The molecule has 2 heterocycles. The topological polar surface area (TPSA) is 70.7 Å². The summed E-state index contributed by atoms with van der Waals surface area (Å²) in [5, 5.41) is 11.5. The van der Waals surface area contributed by atoms with Crippen molar-refractivity contribution in [3.8, 4) is 0 Å². The summed E-state index contributed by atoms with van der Waals surface area (Å²) < 4.78 is 20.6. The summed E-state index contributed by atoms with van der Waals surface area (Å²) in [5.41, 5.74) is 2.13. The highest BCUT2D eigenvalue weighted by Gasteiger charge is 2.45. The number of nitrogens with zero attached hydrogens (tertiary/aromatic N) is 1. The molecule has 5 nitrogen and oxygen atoms in total. The van der Waals surface area contributed by atoms with E-state index < -0.39 is 29.3 Å². The second-order valence-electron chi connectivity index (χ2n) is 7.86. The Morgan fingerprint density at radius 1 is 1.06 bits per heavy atom. The molecule has 164 valence electrons. The molecule has 1 aliphatic heterocycles. The van der Waals surface area contributed by atoms with Gasteiger partial charge in [-0.3, -0.25) is 14.5 Å². The zero-order valence-corrected chi connectivity index (χ0v) is 19.0. The van der Waals surface area contributed by atoms with Crippen LogP contribution in [0.3, 0.4) is 0 Å². The Kier molecular flexibility index (Phi) is 5.13. The summed E-state index contributed by atoms with van der Waals surface area (Å²) >= 11 is 3.39. The van der Waals surface area contributed by atoms with Crippen LogP contribution in [0.4, 0.5) is 10.1 Å². The largest absolute Gasteiger partial charge is 0.503 e. The average Bonchev–Trinajstić information content (AvgIpc) is 3.32. The Hall–Kier alpha value is -3.71. The third-order valence-corrected chi connectivity index (χ3v) is 6.09. The van der Waals surface area contributed by atoms with Gasteiger partial charge < -0.3 is 9.52 Å². The van der Waals surface area contributed by atoms with E-state index in [1.165, 1.54) is 23.1 Å². The van der Waals surface area contributed by atoms with Crippen molar-refractivity contribution in [1.29, 1.82) is 0 Å². The number of hydrogen-bond donors (Lipinski definition) is 1. The predicted octanol–water partition coefficient (Wildman–Crippen LogP) is 6.43. The van der Waals surface area contributed by atoms with Crippen LogP contribution in [0.15, 0.2) is 93.0 Å². The molecule has 1 atom stereocenters. The maximum atomic E-state index is 14.0. The number of furan rings is 1. The standard InChI is InChI=1S/C26H17BrFNO4/c1-14-4-2-5-15(10-14)23-22(24(30)21-12-16-11-17(27)8-9-20(16)33-21)25(31)26(32)29(23)19-7-3-6-18(28)13-19/h2-13,23,31H,1H3. The van der Waals surface area contributed by atoms with Gasteiger partial charge in [-0.25, -0.2) is 4.39 Å². The summed E-state index contributed by atoms with van der Waals surface area (Å²) in [4.78, 5) is 28.0. The van der Waals surface area contributed by atoms with E-state index in [0.717, 1.165) is 10.0 Å². The Labute approximate surface area is 196 Å². The van der Waals surface area contributed by atoms with E-state index in [-0.39, 0.29) is 17.0 Å². The number of carbonyl (C=O) groups is 2. The molecule has 7 heteroatoms. The third kappa shape index (κ3) is 3.64. The van der Waals surface area contributed by atoms with Gasteiger partial charge in [-0.05, 0) is 55.0 Å². The number of amides is 1. The minimum absolute atomic E-state index is 0.00352. The van der Waals surface area contributed by atoms with Crippen molar-refractivity contribution < 1.29 is 23.5 Å². The number of halogens is 2. The van der Waals surface area contributed by atoms with Crippen molar-refractivity contribution >= 4 is 44.3 Å². The number of hydrogen-bond acceptors (Lipinski definition) is 4. The Balaban J connectivity index is 1.67. The van der Waals surface area contributed by atoms with Gasteiger partial charge in [0.15, 0.2) is 11.5 Å². The molecule has 0 bridgehead atoms. The van der Waals surface area contributed by atoms with Crippen LogP contribution in [0.5, 0.6) is 0 Å². The van der Waals surface area contributed by atoms with Gasteiger partial charge in [-0.2, -0.15) is 0 Å². The van der Waals surface area contributed by atoms with Crippen molar-refractivity contribution in [2.75, 3.05) is 4.90 Å². The van der Waals surface area contributed by atoms with Gasteiger partial charge >= 0.3 is 0 Å². The molecule has 0 fully saturated rings. The van der Waals surface area contributed by atoms with Crippen molar-refractivity contribution in [3.05, 3.63) is 111 Å². The van der Waals surface area contributed by atoms with Crippen LogP contribution >= 0.6 is 15.9 Å². The highest BCUT2D eigenvalue weighted by molar-refractivity contribution is 9.10. The number of aliphatic hydroxyl groups excluding tert-OH is 1. The number of benzene rings is 3. The van der Waals surface area contributed by atoms with Crippen molar-refractivity contribution in [2.24, 2.45) is 0 Å². The first-order chi connectivity index (χ1) is 15.8. The molecule has 33 heavy (non-hydrogen) atoms. The molecule has 1 N–H and O–H groups in total. The van der Waals surface area contributed by atoms with E-state index in [1.807, 2.05) is 19.1 Å². The van der Waals surface area contributed by atoms with Gasteiger partial charge in [-0.1, -0.05) is 51.8 Å². The molecule has 1 unspecified atom stereocenters. The van der Waals surface area contributed by atoms with E-state index in [4.69, 9.17) is 4.42 Å². The van der Waals surface area contributed by atoms with E-state index in [0.29, 0.717) is 16.5 Å². The molecule has 1 aromatic heterocycles. The summed E-state index contributed by atoms with van der Waals surface area (Å²) in [5.74, 6) is -2.62. The van der Waals surface area contributed by atoms with Gasteiger partial charge in [0.1, 0.15) is 11.4 Å². The van der Waals surface area contributed by atoms with Crippen molar-refractivity contribution in [1.82, 2.24) is 0 Å². The monoisotopic (exact) mass is 505 g/mol. The van der Waals surface area contributed by atoms with Crippen LogP contribution in [-0.4, -0.2) is 16.8 Å². The highest BCUT2D eigenvalue weighted by Crippen LogP contribution is 2.42. The number of anilines is 1. The number of aryl methyl sites for hydroxylation is 1. The molecule has 0 saturated carbocycles. The average molecular weight is 506 g/mol. The summed E-state index contributed by atoms with van der Waals surface area (Å²) in [7, 11) is 0. The van der Waals surface area contributed by atoms with Gasteiger partial charge in [0, 0.05) is 15.5 Å². The van der Waals surface area contributed by atoms with Gasteiger partial charge in [0.2, 0.25) is 5.78 Å². The third-order valence-electron chi connectivity index (χ3n) is 5.60. The van der Waals surface area contributed by atoms with Crippen LogP contribution in [0.2, 0.25) is 0 Å². The number of rotatable bonds is 4. The minimum atomic E-state index is -0.952. The lowest BCUT2D eigenvalue weighted by molar-refractivity contribution is -0.117. The fourth-order valence-electron chi connectivity index (χ4n) is 4.14. The van der Waals surface area contributed by atoms with Crippen molar-refractivity contribution in [3.63, 3.8) is 0 Å². The molecule has 1 aliphatic rings. The number of aliphatic hydroxyl groups is 1. The van der Waals surface area contributed by atoms with E-state index in [2.05, 4.69) is 15.9 Å². The van der Waals surface area contributed by atoms with Gasteiger partial charge in [0.25, 0.3) is 5.91 Å². The summed E-state index contributed by atoms with van der Waals surface area (Å²) in [6, 6.07) is 18.7. The zero-order chi connectivity index (χ0) is 23.3. The van der Waals surface area contributed by atoms with Gasteiger partial charge in [0.05, 0.1) is 11.6 Å². The highest BCUT2D eigenvalue weighted by atomic mass is 79.9. The number of Topliss-reactive ketones (excluding diaryl/α,β-unsaturated/α-hetero) is 1. The first-order valence-corrected chi connectivity index (χ1v) is 11.0. The molecule has 1 amide bonds. The lowest BCUT2D eigenvalue weighted by atomic mass is 9.94. The van der Waals surface area contributed by atoms with Crippen LogP contribution in [-0.2, 0) is 4.79 Å². The second kappa shape index (κ2) is 8.01. The fraction of sp³-hybridized carbons (Fsp3) is 0.0769. The number of carbonyl (C=O) groups excluding carboxylic acids is 2. The molecule has 0 radical (unpaired) electrons. The van der Waals surface area contributed by atoms with E-state index in [9.17, 15) is 19.1 Å². The van der Waals surface area contributed by atoms with Crippen LogP contribution in [0.1, 0.15) is 27.7 Å². The molecule has 0 aliphatic carbocycles. The quantitative estimate of drug-likeness (QED) is 0.324. The maximum Gasteiger partial charge on any atom is 0.294 e. The summed E-state index contributed by atoms with van der Waals surface area (Å²) in [6.45, 7) is 1.88. The fourth-order valence-corrected chi connectivity index (χ4v) is 4.52. The molecule has 0 saturated heterocycles. The van der Waals surface area contributed by atoms with Crippen molar-refractivity contribution in [2.45, 2.75) is 13.0 Å². The molecule has 0 spiro atoms. The lowest BCUT2D eigenvalue weighted by Crippen LogP contribution is -2.31. The minimum Gasteiger partial charge on any atom is -0.503 e. The molecular formula is C26H17BrFNO4. The smallest absolute Gasteiger partial charge is 0.294 e. The Morgan fingerprint density at radius 3 is 2.61 bits per heavy atom. The van der Waals surface area contributed by atoms with Gasteiger partial charge in [-0.15, -0.1) is 0 Å². The van der Waals surface area contributed by atoms with E-state index >= 15 is 0 Å². The Morgan fingerprint density at radius 2 is 1.85 bits per heavy atom. The molecule has 5 rings (SSSR count). The second-order valence-corrected chi connectivity index (χ2v) is 8.77. The van der Waals surface area contributed by atoms with Crippen LogP contribution in [0, 0.1) is 12.7 Å². The number of fused-ring (bicyclic) bond motifs is 1. The first kappa shape index (κ1) is 21.2. The molecule has 3 aromatic carbocycles. The molecule has 4 aromatic rings. The first-order valence-electron chi connectivity index (χ1n) is 10.2. The Bertz CT molecular complexity index is 1470. The summed E-state index contributed by atoms with van der Waals surface area (Å²) in [6.07, 6.45) is 0. The predicted molar refractivity (Wildman–Crippen MR) is 126 cm³/mol. The number of ketones is 1. The zero-order valence-electron chi connectivity index (χ0n) is 17.4. The van der Waals surface area contributed by atoms with Crippen LogP contribution < -0.4 is 4.90 Å².